The molecule has 0 radical (unpaired) electrons. The molecule has 1 aromatic carbocycles. The van der Waals surface area contributed by atoms with E-state index in [0.717, 1.165) is 24.9 Å². The minimum atomic E-state index is -0.228. The molecule has 1 aliphatic heterocycles. The molecule has 5 heteroatoms. The fourth-order valence-corrected chi connectivity index (χ4v) is 2.39. The molecule has 0 spiro atoms. The minimum absolute atomic E-state index is 0.228. The first-order valence-corrected chi connectivity index (χ1v) is 6.60. The van der Waals surface area contributed by atoms with Crippen LogP contribution in [0.25, 0.3) is 11.5 Å². The third-order valence-corrected chi connectivity index (χ3v) is 3.33. The molecule has 1 saturated heterocycles. The Bertz CT molecular complexity index is 526. The molecule has 3 rings (SSSR count). The van der Waals surface area contributed by atoms with E-state index >= 15 is 0 Å². The Labute approximate surface area is 111 Å². The van der Waals surface area contributed by atoms with Gasteiger partial charge in [-0.2, -0.15) is 4.98 Å². The molecule has 0 bridgehead atoms. The van der Waals surface area contributed by atoms with Gasteiger partial charge in [0, 0.05) is 12.1 Å². The molecule has 19 heavy (non-hydrogen) atoms. The summed E-state index contributed by atoms with van der Waals surface area (Å²) in [5.74, 6) is 1.22. The van der Waals surface area contributed by atoms with E-state index in [4.69, 9.17) is 4.52 Å². The highest BCUT2D eigenvalue weighted by atomic mass is 16.5. The van der Waals surface area contributed by atoms with Crippen molar-refractivity contribution in [1.29, 1.82) is 0 Å². The van der Waals surface area contributed by atoms with Gasteiger partial charge >= 0.3 is 0 Å². The van der Waals surface area contributed by atoms with Crippen molar-refractivity contribution in [1.82, 2.24) is 15.0 Å². The molecule has 0 saturated carbocycles. The van der Waals surface area contributed by atoms with Gasteiger partial charge in [0.25, 0.3) is 5.89 Å². The van der Waals surface area contributed by atoms with Crippen LogP contribution in [0.15, 0.2) is 34.9 Å². The number of hydrogen-bond acceptors (Lipinski definition) is 5. The number of piperidine rings is 1. The lowest BCUT2D eigenvalue weighted by Gasteiger charge is -2.28. The quantitative estimate of drug-likeness (QED) is 0.909. The van der Waals surface area contributed by atoms with Gasteiger partial charge in [-0.3, -0.25) is 4.90 Å². The van der Waals surface area contributed by atoms with Gasteiger partial charge in [-0.05, 0) is 31.5 Å². The normalized spacial score (nSPS) is 20.6. The summed E-state index contributed by atoms with van der Waals surface area (Å²) in [6.07, 6.45) is 1.68. The zero-order valence-corrected chi connectivity index (χ0v) is 10.7. The van der Waals surface area contributed by atoms with E-state index in [1.807, 2.05) is 30.3 Å². The Morgan fingerprint density at radius 3 is 2.95 bits per heavy atom. The molecule has 2 heterocycles. The van der Waals surface area contributed by atoms with Crippen LogP contribution < -0.4 is 0 Å². The minimum Gasteiger partial charge on any atom is -0.392 e. The Morgan fingerprint density at radius 2 is 2.16 bits per heavy atom. The molecular formula is C14H17N3O2. The first-order chi connectivity index (χ1) is 9.31. The molecule has 1 aliphatic rings. The van der Waals surface area contributed by atoms with Crippen LogP contribution in [0.5, 0.6) is 0 Å². The number of benzene rings is 1. The maximum atomic E-state index is 9.63. The molecule has 1 fully saturated rings. The third-order valence-electron chi connectivity index (χ3n) is 3.33. The van der Waals surface area contributed by atoms with Gasteiger partial charge in [0.1, 0.15) is 0 Å². The second-order valence-corrected chi connectivity index (χ2v) is 4.91. The largest absolute Gasteiger partial charge is 0.392 e. The molecular weight excluding hydrogens is 242 g/mol. The van der Waals surface area contributed by atoms with Gasteiger partial charge in [0.05, 0.1) is 12.6 Å². The lowest BCUT2D eigenvalue weighted by molar-refractivity contribution is 0.0651. The van der Waals surface area contributed by atoms with Gasteiger partial charge in [-0.1, -0.05) is 23.4 Å². The van der Waals surface area contributed by atoms with Crippen molar-refractivity contribution >= 4 is 0 Å². The molecule has 5 nitrogen and oxygen atoms in total. The Hall–Kier alpha value is -1.72. The number of hydrogen-bond donors (Lipinski definition) is 1. The summed E-state index contributed by atoms with van der Waals surface area (Å²) in [6, 6.07) is 9.74. The van der Waals surface area contributed by atoms with Crippen molar-refractivity contribution in [3.05, 3.63) is 36.2 Å². The molecule has 0 amide bonds. The number of rotatable bonds is 3. The van der Waals surface area contributed by atoms with Gasteiger partial charge in [-0.25, -0.2) is 0 Å². The van der Waals surface area contributed by atoms with Crippen LogP contribution in [-0.4, -0.2) is 39.3 Å². The Kier molecular flexibility index (Phi) is 3.57. The first-order valence-electron chi connectivity index (χ1n) is 6.60. The van der Waals surface area contributed by atoms with Gasteiger partial charge in [0.15, 0.2) is 5.82 Å². The predicted molar refractivity (Wildman–Crippen MR) is 70.3 cm³/mol. The number of aromatic nitrogens is 2. The number of aliphatic hydroxyl groups is 1. The maximum Gasteiger partial charge on any atom is 0.257 e. The van der Waals surface area contributed by atoms with Crippen LogP contribution >= 0.6 is 0 Å². The van der Waals surface area contributed by atoms with Crippen LogP contribution in [0.1, 0.15) is 18.7 Å². The van der Waals surface area contributed by atoms with Crippen LogP contribution in [0.4, 0.5) is 0 Å². The first kappa shape index (κ1) is 12.3. The summed E-state index contributed by atoms with van der Waals surface area (Å²) in [6.45, 7) is 2.30. The lowest BCUT2D eigenvalue weighted by Crippen LogP contribution is -2.37. The summed E-state index contributed by atoms with van der Waals surface area (Å²) in [5, 5.41) is 13.6. The molecule has 1 N–H and O–H groups in total. The van der Waals surface area contributed by atoms with E-state index in [2.05, 4.69) is 15.0 Å². The van der Waals surface area contributed by atoms with E-state index in [9.17, 15) is 5.11 Å². The molecule has 1 atom stereocenters. The van der Waals surface area contributed by atoms with E-state index in [0.29, 0.717) is 24.8 Å². The van der Waals surface area contributed by atoms with Crippen molar-refractivity contribution in [2.75, 3.05) is 13.1 Å². The standard InChI is InChI=1S/C14H17N3O2/c18-12-7-4-8-17(9-12)10-13-15-14(19-16-13)11-5-2-1-3-6-11/h1-3,5-6,12,18H,4,7-10H2. The van der Waals surface area contributed by atoms with E-state index in [1.54, 1.807) is 0 Å². The highest BCUT2D eigenvalue weighted by Crippen LogP contribution is 2.18. The van der Waals surface area contributed by atoms with Crippen LogP contribution in [0.3, 0.4) is 0 Å². The Morgan fingerprint density at radius 1 is 1.32 bits per heavy atom. The highest BCUT2D eigenvalue weighted by Gasteiger charge is 2.19. The van der Waals surface area contributed by atoms with Crippen LogP contribution in [0, 0.1) is 0 Å². The van der Waals surface area contributed by atoms with Crippen molar-refractivity contribution in [2.24, 2.45) is 0 Å². The second kappa shape index (κ2) is 5.50. The average molecular weight is 259 g/mol. The van der Waals surface area contributed by atoms with Crippen molar-refractivity contribution in [2.45, 2.75) is 25.5 Å². The summed E-state index contributed by atoms with van der Waals surface area (Å²) in [4.78, 5) is 6.56. The maximum absolute atomic E-state index is 9.63. The van der Waals surface area contributed by atoms with Crippen molar-refractivity contribution in [3.8, 4) is 11.5 Å². The van der Waals surface area contributed by atoms with Gasteiger partial charge in [-0.15, -0.1) is 0 Å². The molecule has 1 unspecified atom stereocenters. The summed E-state index contributed by atoms with van der Waals surface area (Å²) in [5.41, 5.74) is 0.930. The lowest BCUT2D eigenvalue weighted by atomic mass is 10.1. The van der Waals surface area contributed by atoms with E-state index in [1.165, 1.54) is 0 Å². The summed E-state index contributed by atoms with van der Waals surface area (Å²) < 4.78 is 5.27. The highest BCUT2D eigenvalue weighted by molar-refractivity contribution is 5.51. The topological polar surface area (TPSA) is 62.4 Å². The van der Waals surface area contributed by atoms with Gasteiger partial charge in [0.2, 0.25) is 0 Å². The monoisotopic (exact) mass is 259 g/mol. The smallest absolute Gasteiger partial charge is 0.257 e. The average Bonchev–Trinajstić information content (AvgIpc) is 2.88. The van der Waals surface area contributed by atoms with Crippen LogP contribution in [0.2, 0.25) is 0 Å². The number of aliphatic hydroxyl groups excluding tert-OH is 1. The molecule has 0 aliphatic carbocycles. The SMILES string of the molecule is OC1CCCN(Cc2noc(-c3ccccc3)n2)C1. The number of nitrogens with zero attached hydrogens (tertiary/aromatic N) is 3. The van der Waals surface area contributed by atoms with Crippen molar-refractivity contribution < 1.29 is 9.63 Å². The van der Waals surface area contributed by atoms with Crippen LogP contribution in [-0.2, 0) is 6.54 Å². The summed E-state index contributed by atoms with van der Waals surface area (Å²) in [7, 11) is 0. The molecule has 100 valence electrons. The fourth-order valence-electron chi connectivity index (χ4n) is 2.39. The number of likely N-dealkylation sites (tertiary alicyclic amines) is 1. The molecule has 2 aromatic rings. The zero-order valence-electron chi connectivity index (χ0n) is 10.7. The van der Waals surface area contributed by atoms with E-state index in [-0.39, 0.29) is 6.10 Å². The number of β-amino-alcohol motifs (C(OH)–C–C–N with tert-alkyl or cyclic N) is 1. The second-order valence-electron chi connectivity index (χ2n) is 4.91. The van der Waals surface area contributed by atoms with E-state index < -0.39 is 0 Å². The summed E-state index contributed by atoms with van der Waals surface area (Å²) >= 11 is 0. The Balaban J connectivity index is 1.68. The molecule has 1 aromatic heterocycles. The zero-order chi connectivity index (χ0) is 13.1. The fraction of sp³-hybridized carbons (Fsp3) is 0.429. The predicted octanol–water partition coefficient (Wildman–Crippen LogP) is 1.69. The van der Waals surface area contributed by atoms with Crippen molar-refractivity contribution in [3.63, 3.8) is 0 Å². The van der Waals surface area contributed by atoms with Gasteiger partial charge < -0.3 is 9.63 Å². The third kappa shape index (κ3) is 3.00.